The quantitative estimate of drug-likeness (QED) is 0.177. The molecular weight excluding hydrogens is 674 g/mol. The van der Waals surface area contributed by atoms with Crippen molar-refractivity contribution in [2.24, 2.45) is 0 Å². The first-order valence-electron chi connectivity index (χ1n) is 17.1. The third kappa shape index (κ3) is 10.7. The maximum absolute atomic E-state index is 14.3. The highest BCUT2D eigenvalue weighted by atomic mass is 16.8. The second kappa shape index (κ2) is 17.7. The number of carbonyl (C=O) groups is 4. The Balaban J connectivity index is 1.51. The molecule has 2 saturated heterocycles. The summed E-state index contributed by atoms with van der Waals surface area (Å²) in [5, 5.41) is 2.86. The summed E-state index contributed by atoms with van der Waals surface area (Å²) in [6, 6.07) is 26.2. The predicted octanol–water partition coefficient (Wildman–Crippen LogP) is 4.15. The van der Waals surface area contributed by atoms with E-state index < -0.39 is 65.8 Å². The van der Waals surface area contributed by atoms with E-state index >= 15 is 0 Å². The lowest BCUT2D eigenvalue weighted by Crippen LogP contribution is -2.69. The van der Waals surface area contributed by atoms with E-state index in [1.54, 1.807) is 50.2 Å². The first kappa shape index (κ1) is 38.6. The molecule has 0 aliphatic carbocycles. The fourth-order valence-corrected chi connectivity index (χ4v) is 6.10. The molecule has 0 bridgehead atoms. The molecule has 0 radical (unpaired) electrons. The third-order valence-corrected chi connectivity index (χ3v) is 8.40. The molecule has 13 heteroatoms. The Morgan fingerprint density at radius 2 is 1.37 bits per heavy atom. The van der Waals surface area contributed by atoms with Gasteiger partial charge in [-0.05, 0) is 30.5 Å². The minimum absolute atomic E-state index is 0.0276. The second-order valence-electron chi connectivity index (χ2n) is 13.0. The topological polar surface area (TPSA) is 154 Å². The van der Waals surface area contributed by atoms with Crippen LogP contribution in [0.4, 0.5) is 0 Å². The Morgan fingerprint density at radius 1 is 0.788 bits per heavy atom. The summed E-state index contributed by atoms with van der Waals surface area (Å²) in [6.45, 7) is 5.33. The monoisotopic (exact) mass is 719 g/mol. The van der Waals surface area contributed by atoms with Crippen molar-refractivity contribution in [1.82, 2.24) is 5.32 Å². The molecule has 2 aliphatic rings. The minimum Gasteiger partial charge on any atom is -0.460 e. The van der Waals surface area contributed by atoms with Crippen molar-refractivity contribution >= 4 is 23.8 Å². The van der Waals surface area contributed by atoms with Crippen molar-refractivity contribution in [3.63, 3.8) is 0 Å². The number of ether oxygens (including phenoxy) is 8. The number of benzene rings is 3. The predicted molar refractivity (Wildman–Crippen MR) is 184 cm³/mol. The Hall–Kier alpha value is -4.66. The molecule has 3 aromatic rings. The summed E-state index contributed by atoms with van der Waals surface area (Å²) < 4.78 is 48.0. The smallest absolute Gasteiger partial charge is 0.367 e. The SMILES string of the molecule is CC(=O)O[C@@H]([C@@H]1O[C@@](OCc2ccccc2)(C(=O)OCc2ccccc2)C[C@H](OC(C)=O)[C@H]1NC(=O)COCc1ccccc1)[C@H]1COC(C)(C)O1. The molecule has 52 heavy (non-hydrogen) atoms. The Kier molecular flexibility index (Phi) is 13.1. The van der Waals surface area contributed by atoms with Gasteiger partial charge in [0.1, 0.15) is 31.5 Å². The normalized spacial score (nSPS) is 24.3. The molecule has 13 nitrogen and oxygen atoms in total. The van der Waals surface area contributed by atoms with Gasteiger partial charge in [0.15, 0.2) is 11.9 Å². The Labute approximate surface area is 302 Å². The van der Waals surface area contributed by atoms with Crippen molar-refractivity contribution in [3.8, 4) is 0 Å². The number of amides is 1. The molecule has 5 rings (SSSR count). The third-order valence-electron chi connectivity index (χ3n) is 8.40. The zero-order valence-electron chi connectivity index (χ0n) is 29.7. The minimum atomic E-state index is -2.21. The van der Waals surface area contributed by atoms with Crippen molar-refractivity contribution in [3.05, 3.63) is 108 Å². The molecule has 278 valence electrons. The highest BCUT2D eigenvalue weighted by Gasteiger charge is 2.60. The van der Waals surface area contributed by atoms with Gasteiger partial charge in [0.2, 0.25) is 5.91 Å². The van der Waals surface area contributed by atoms with E-state index in [2.05, 4.69) is 5.32 Å². The molecular formula is C39H45NO12. The molecule has 0 aromatic heterocycles. The lowest BCUT2D eigenvalue weighted by molar-refractivity contribution is -0.319. The highest BCUT2D eigenvalue weighted by Crippen LogP contribution is 2.39. The summed E-state index contributed by atoms with van der Waals surface area (Å²) in [5.41, 5.74) is 2.27. The first-order chi connectivity index (χ1) is 24.9. The number of nitrogens with one attached hydrogen (secondary N) is 1. The summed E-state index contributed by atoms with van der Waals surface area (Å²) in [4.78, 5) is 53.1. The molecule has 1 N–H and O–H groups in total. The van der Waals surface area contributed by atoms with E-state index in [1.807, 2.05) is 54.6 Å². The van der Waals surface area contributed by atoms with Crippen LogP contribution in [0.15, 0.2) is 91.0 Å². The lowest BCUT2D eigenvalue weighted by atomic mass is 9.88. The summed E-state index contributed by atoms with van der Waals surface area (Å²) in [7, 11) is 0. The van der Waals surface area contributed by atoms with Crippen LogP contribution in [0.25, 0.3) is 0 Å². The largest absolute Gasteiger partial charge is 0.460 e. The number of carbonyl (C=O) groups excluding carboxylic acids is 4. The number of hydrogen-bond acceptors (Lipinski definition) is 12. The standard InChI is InChI=1S/C39H45NO12/c1-26(41)49-31-20-39(48-23-30-18-12-7-13-19-30,37(44)46-22-29-16-10-6-11-17-29)52-36(35(50-27(2)42)32-24-47-38(3,4)51-32)34(31)40-33(43)25-45-21-28-14-8-5-9-15-28/h5-19,31-32,34-36H,20-25H2,1-4H3,(H,40,43)/t31-,32+,34+,35+,36+,39+/m0/s1. The van der Waals surface area contributed by atoms with Crippen LogP contribution in [0.3, 0.4) is 0 Å². The van der Waals surface area contributed by atoms with Gasteiger partial charge >= 0.3 is 17.9 Å². The van der Waals surface area contributed by atoms with Crippen LogP contribution in [-0.4, -0.2) is 79.1 Å². The average Bonchev–Trinajstić information content (AvgIpc) is 3.49. The van der Waals surface area contributed by atoms with Gasteiger partial charge in [-0.1, -0.05) is 91.0 Å². The molecule has 2 fully saturated rings. The van der Waals surface area contributed by atoms with Gasteiger partial charge in [0.05, 0.1) is 32.3 Å². The lowest BCUT2D eigenvalue weighted by Gasteiger charge is -2.48. The number of esters is 3. The number of hydrogen-bond donors (Lipinski definition) is 1. The van der Waals surface area contributed by atoms with Crippen molar-refractivity contribution in [2.45, 2.75) is 96.0 Å². The Bertz CT molecular complexity index is 1640. The zero-order chi connectivity index (χ0) is 37.1. The van der Waals surface area contributed by atoms with Crippen LogP contribution in [-0.2, 0) is 76.9 Å². The fraction of sp³-hybridized carbons (Fsp3) is 0.436. The van der Waals surface area contributed by atoms with Crippen LogP contribution < -0.4 is 5.32 Å². The number of rotatable bonds is 15. The van der Waals surface area contributed by atoms with Gasteiger partial charge < -0.3 is 43.2 Å². The van der Waals surface area contributed by atoms with Crippen molar-refractivity contribution in [2.75, 3.05) is 13.2 Å². The second-order valence-corrected chi connectivity index (χ2v) is 13.0. The summed E-state index contributed by atoms with van der Waals surface area (Å²) >= 11 is 0. The molecule has 0 unspecified atom stereocenters. The maximum Gasteiger partial charge on any atom is 0.367 e. The van der Waals surface area contributed by atoms with Gasteiger partial charge in [-0.15, -0.1) is 0 Å². The molecule has 1 amide bonds. The molecule has 2 aliphatic heterocycles. The Morgan fingerprint density at radius 3 is 1.90 bits per heavy atom. The highest BCUT2D eigenvalue weighted by molar-refractivity contribution is 5.80. The van der Waals surface area contributed by atoms with E-state index in [0.29, 0.717) is 11.1 Å². The van der Waals surface area contributed by atoms with E-state index in [0.717, 1.165) is 5.56 Å². The van der Waals surface area contributed by atoms with Gasteiger partial charge in [-0.2, -0.15) is 0 Å². The van der Waals surface area contributed by atoms with E-state index in [-0.39, 0.29) is 39.5 Å². The van der Waals surface area contributed by atoms with Crippen LogP contribution >= 0.6 is 0 Å². The van der Waals surface area contributed by atoms with Crippen LogP contribution in [0.5, 0.6) is 0 Å². The van der Waals surface area contributed by atoms with Crippen LogP contribution in [0.2, 0.25) is 0 Å². The van der Waals surface area contributed by atoms with E-state index in [4.69, 9.17) is 37.9 Å². The van der Waals surface area contributed by atoms with Crippen LogP contribution in [0, 0.1) is 0 Å². The van der Waals surface area contributed by atoms with Crippen LogP contribution in [0.1, 0.15) is 50.8 Å². The molecule has 2 heterocycles. The summed E-state index contributed by atoms with van der Waals surface area (Å²) in [5.74, 6) is -6.18. The van der Waals surface area contributed by atoms with Crippen molar-refractivity contribution in [1.29, 1.82) is 0 Å². The molecule has 0 spiro atoms. The fourth-order valence-electron chi connectivity index (χ4n) is 6.10. The van der Waals surface area contributed by atoms with Gasteiger partial charge in [0.25, 0.3) is 5.79 Å². The van der Waals surface area contributed by atoms with Gasteiger partial charge in [-0.25, -0.2) is 4.79 Å². The zero-order valence-corrected chi connectivity index (χ0v) is 29.7. The van der Waals surface area contributed by atoms with Gasteiger partial charge in [-0.3, -0.25) is 14.4 Å². The van der Waals surface area contributed by atoms with Crippen molar-refractivity contribution < 1.29 is 57.1 Å². The summed E-state index contributed by atoms with van der Waals surface area (Å²) in [6.07, 6.45) is -5.26. The van der Waals surface area contributed by atoms with E-state index in [9.17, 15) is 19.2 Å². The maximum atomic E-state index is 14.3. The van der Waals surface area contributed by atoms with Gasteiger partial charge in [0, 0.05) is 13.8 Å². The first-order valence-corrected chi connectivity index (χ1v) is 17.1. The molecule has 0 saturated carbocycles. The molecule has 6 atom stereocenters. The molecule has 3 aromatic carbocycles. The average molecular weight is 720 g/mol. The van der Waals surface area contributed by atoms with E-state index in [1.165, 1.54) is 13.8 Å².